The van der Waals surface area contributed by atoms with Crippen molar-refractivity contribution in [2.45, 2.75) is 58.3 Å². The van der Waals surface area contributed by atoms with E-state index in [0.717, 1.165) is 22.4 Å². The summed E-state index contributed by atoms with van der Waals surface area (Å²) in [4.78, 5) is 22.5. The van der Waals surface area contributed by atoms with Crippen LogP contribution < -0.4 is 4.90 Å². The molecule has 5 rings (SSSR count). The Balaban J connectivity index is 1.57. The van der Waals surface area contributed by atoms with Crippen molar-refractivity contribution in [3.8, 4) is 6.07 Å². The van der Waals surface area contributed by atoms with Crippen LogP contribution in [0.5, 0.6) is 0 Å². The van der Waals surface area contributed by atoms with Crippen molar-refractivity contribution in [2.24, 2.45) is 0 Å². The molecule has 0 bridgehead atoms. The molecule has 1 aromatic carbocycles. The standard InChI is InChI=1S/C29H32N4O3/c1-19(2)26-23-18-36-29(3,4)15-21(23)22(16-30)27(31-26)32-12-13-33(28(34)25-11-8-14-35-25)24(17-32)20-9-6-5-7-10-20/h5-11,14,19,24H,12-13,15,17-18H2,1-4H3/t24-/m0/s1. The monoisotopic (exact) mass is 484 g/mol. The lowest BCUT2D eigenvalue weighted by Crippen LogP contribution is -2.51. The topological polar surface area (TPSA) is 82.6 Å². The highest BCUT2D eigenvalue weighted by atomic mass is 16.5. The summed E-state index contributed by atoms with van der Waals surface area (Å²) in [6, 6.07) is 15.7. The Morgan fingerprint density at radius 2 is 1.92 bits per heavy atom. The molecule has 7 heteroatoms. The third kappa shape index (κ3) is 4.38. The van der Waals surface area contributed by atoms with E-state index in [9.17, 15) is 10.1 Å². The summed E-state index contributed by atoms with van der Waals surface area (Å²) in [5.41, 5.74) is 4.41. The van der Waals surface area contributed by atoms with Crippen LogP contribution in [0.4, 0.5) is 5.82 Å². The maximum atomic E-state index is 13.3. The number of amides is 1. The van der Waals surface area contributed by atoms with Gasteiger partial charge in [-0.2, -0.15) is 5.26 Å². The van der Waals surface area contributed by atoms with Gasteiger partial charge in [-0.25, -0.2) is 4.98 Å². The zero-order valence-electron chi connectivity index (χ0n) is 21.3. The lowest BCUT2D eigenvalue weighted by Gasteiger charge is -2.43. The van der Waals surface area contributed by atoms with Crippen molar-refractivity contribution in [1.29, 1.82) is 5.26 Å². The molecule has 186 valence electrons. The number of pyridine rings is 1. The quantitative estimate of drug-likeness (QED) is 0.505. The van der Waals surface area contributed by atoms with Gasteiger partial charge in [0.05, 0.1) is 35.8 Å². The summed E-state index contributed by atoms with van der Waals surface area (Å²) in [6.45, 7) is 10.5. The molecule has 0 radical (unpaired) electrons. The van der Waals surface area contributed by atoms with Gasteiger partial charge in [-0.05, 0) is 43.0 Å². The number of piperazine rings is 1. The first-order valence-corrected chi connectivity index (χ1v) is 12.5. The van der Waals surface area contributed by atoms with Gasteiger partial charge in [-0.1, -0.05) is 44.2 Å². The zero-order valence-corrected chi connectivity index (χ0v) is 21.3. The predicted octanol–water partition coefficient (Wildman–Crippen LogP) is 5.22. The second-order valence-corrected chi connectivity index (χ2v) is 10.5. The molecule has 1 atom stereocenters. The zero-order chi connectivity index (χ0) is 25.4. The molecule has 7 nitrogen and oxygen atoms in total. The van der Waals surface area contributed by atoms with Gasteiger partial charge in [0.1, 0.15) is 11.9 Å². The van der Waals surface area contributed by atoms with Gasteiger partial charge in [0.15, 0.2) is 5.76 Å². The van der Waals surface area contributed by atoms with Crippen molar-refractivity contribution in [1.82, 2.24) is 9.88 Å². The second-order valence-electron chi connectivity index (χ2n) is 10.5. The molecule has 2 aliphatic heterocycles. The maximum Gasteiger partial charge on any atom is 0.290 e. The number of anilines is 1. The van der Waals surface area contributed by atoms with Crippen LogP contribution in [0, 0.1) is 11.3 Å². The third-order valence-corrected chi connectivity index (χ3v) is 7.15. The van der Waals surface area contributed by atoms with Gasteiger partial charge < -0.3 is 19.0 Å². The lowest BCUT2D eigenvalue weighted by atomic mass is 9.86. The van der Waals surface area contributed by atoms with E-state index in [0.29, 0.717) is 49.8 Å². The fourth-order valence-corrected chi connectivity index (χ4v) is 5.32. The number of fused-ring (bicyclic) bond motifs is 1. The molecule has 2 aromatic heterocycles. The van der Waals surface area contributed by atoms with Gasteiger partial charge in [-0.15, -0.1) is 0 Å². The first-order valence-electron chi connectivity index (χ1n) is 12.5. The van der Waals surface area contributed by atoms with Crippen molar-refractivity contribution in [2.75, 3.05) is 24.5 Å². The Hall–Kier alpha value is -3.63. The van der Waals surface area contributed by atoms with E-state index < -0.39 is 0 Å². The van der Waals surface area contributed by atoms with Crippen LogP contribution in [0.25, 0.3) is 0 Å². The van der Waals surface area contributed by atoms with Crippen molar-refractivity contribution in [3.05, 3.63) is 82.4 Å². The molecule has 4 heterocycles. The predicted molar refractivity (Wildman–Crippen MR) is 137 cm³/mol. The summed E-state index contributed by atoms with van der Waals surface area (Å²) in [5, 5.41) is 10.3. The Bertz CT molecular complexity index is 1290. The van der Waals surface area contributed by atoms with E-state index in [1.807, 2.05) is 35.2 Å². The summed E-state index contributed by atoms with van der Waals surface area (Å²) in [6.07, 6.45) is 2.19. The Morgan fingerprint density at radius 1 is 1.14 bits per heavy atom. The van der Waals surface area contributed by atoms with Crippen LogP contribution in [0.1, 0.15) is 78.2 Å². The molecular formula is C29H32N4O3. The Morgan fingerprint density at radius 3 is 2.58 bits per heavy atom. The number of carbonyl (C=O) groups is 1. The van der Waals surface area contributed by atoms with E-state index in [1.54, 1.807) is 12.1 Å². The summed E-state index contributed by atoms with van der Waals surface area (Å²) >= 11 is 0. The largest absolute Gasteiger partial charge is 0.459 e. The van der Waals surface area contributed by atoms with Gasteiger partial charge in [0.2, 0.25) is 0 Å². The highest BCUT2D eigenvalue weighted by Gasteiger charge is 2.37. The van der Waals surface area contributed by atoms with E-state index in [-0.39, 0.29) is 23.5 Å². The van der Waals surface area contributed by atoms with Crippen LogP contribution >= 0.6 is 0 Å². The molecule has 0 saturated carbocycles. The number of benzene rings is 1. The Labute approximate surface area is 212 Å². The molecular weight excluding hydrogens is 452 g/mol. The molecule has 3 aromatic rings. The Kier molecular flexibility index (Phi) is 6.31. The average molecular weight is 485 g/mol. The highest BCUT2D eigenvalue weighted by molar-refractivity contribution is 5.92. The minimum absolute atomic E-state index is 0.130. The molecule has 1 saturated heterocycles. The molecule has 1 fully saturated rings. The fraction of sp³-hybridized carbons (Fsp3) is 0.414. The summed E-state index contributed by atoms with van der Waals surface area (Å²) < 4.78 is 11.5. The maximum absolute atomic E-state index is 13.3. The molecule has 0 N–H and O–H groups in total. The number of ether oxygens (including phenoxy) is 1. The number of hydrogen-bond acceptors (Lipinski definition) is 6. The average Bonchev–Trinajstić information content (AvgIpc) is 3.42. The first kappa shape index (κ1) is 24.1. The normalized spacial score (nSPS) is 19.2. The van der Waals surface area contributed by atoms with Gasteiger partial charge in [0, 0.05) is 31.6 Å². The SMILES string of the molecule is CC(C)c1nc(N2CCN(C(=O)c3ccco3)[C@H](c3ccccc3)C2)c(C#N)c2c1COC(C)(C)C2. The lowest BCUT2D eigenvalue weighted by molar-refractivity contribution is -0.0408. The van der Waals surface area contributed by atoms with Crippen LogP contribution in [0.2, 0.25) is 0 Å². The molecule has 0 spiro atoms. The molecule has 1 amide bonds. The number of aromatic nitrogens is 1. The van der Waals surface area contributed by atoms with Gasteiger partial charge >= 0.3 is 0 Å². The number of hydrogen-bond donors (Lipinski definition) is 0. The van der Waals surface area contributed by atoms with Crippen LogP contribution in [0.15, 0.2) is 53.1 Å². The first-order chi connectivity index (χ1) is 17.3. The van der Waals surface area contributed by atoms with E-state index in [4.69, 9.17) is 14.1 Å². The summed E-state index contributed by atoms with van der Waals surface area (Å²) in [7, 11) is 0. The second kappa shape index (κ2) is 9.44. The fourth-order valence-electron chi connectivity index (χ4n) is 5.32. The number of nitriles is 1. The van der Waals surface area contributed by atoms with E-state index in [1.165, 1.54) is 6.26 Å². The van der Waals surface area contributed by atoms with Crippen molar-refractivity contribution >= 4 is 11.7 Å². The minimum Gasteiger partial charge on any atom is -0.459 e. The van der Waals surface area contributed by atoms with E-state index in [2.05, 4.69) is 38.7 Å². The number of furan rings is 1. The van der Waals surface area contributed by atoms with Crippen LogP contribution in [0.3, 0.4) is 0 Å². The van der Waals surface area contributed by atoms with Crippen molar-refractivity contribution < 1.29 is 13.9 Å². The number of nitrogens with zero attached hydrogens (tertiary/aromatic N) is 4. The van der Waals surface area contributed by atoms with Crippen LogP contribution in [-0.2, 0) is 17.8 Å². The smallest absolute Gasteiger partial charge is 0.290 e. The number of rotatable bonds is 4. The molecule has 36 heavy (non-hydrogen) atoms. The van der Waals surface area contributed by atoms with Crippen LogP contribution in [-0.4, -0.2) is 41.0 Å². The van der Waals surface area contributed by atoms with Crippen molar-refractivity contribution in [3.63, 3.8) is 0 Å². The minimum atomic E-state index is -0.341. The molecule has 0 unspecified atom stereocenters. The van der Waals surface area contributed by atoms with Gasteiger partial charge in [0.25, 0.3) is 5.91 Å². The number of carbonyl (C=O) groups excluding carboxylic acids is 1. The highest BCUT2D eigenvalue weighted by Crippen LogP contribution is 2.39. The van der Waals surface area contributed by atoms with E-state index >= 15 is 0 Å². The molecule has 0 aliphatic carbocycles. The summed E-state index contributed by atoms with van der Waals surface area (Å²) in [5.74, 6) is 1.11. The van der Waals surface area contributed by atoms with Gasteiger partial charge in [-0.3, -0.25) is 4.79 Å². The third-order valence-electron chi connectivity index (χ3n) is 7.15. The molecule has 2 aliphatic rings.